The first-order valence-electron chi connectivity index (χ1n) is 4.40. The number of hydrogen-bond acceptors (Lipinski definition) is 4. The molecule has 0 unspecified atom stereocenters. The van der Waals surface area contributed by atoms with E-state index >= 15 is 0 Å². The fraction of sp³-hybridized carbons (Fsp3) is 0. The van der Waals surface area contributed by atoms with Crippen molar-refractivity contribution < 1.29 is 14.7 Å². The van der Waals surface area contributed by atoms with Gasteiger partial charge in [0.25, 0.3) is 11.1 Å². The number of nitrogens with one attached hydrogen (secondary N) is 1. The molecule has 0 aromatic heterocycles. The summed E-state index contributed by atoms with van der Waals surface area (Å²) >= 11 is 4.97. The van der Waals surface area contributed by atoms with Crippen LogP contribution in [0.5, 0.6) is 5.75 Å². The first-order chi connectivity index (χ1) is 7.97. The number of phenolic OH excluding ortho intramolecular Hbond substituents is 1. The van der Waals surface area contributed by atoms with E-state index in [1.54, 1.807) is 6.07 Å². The van der Waals surface area contributed by atoms with Crippen molar-refractivity contribution in [1.82, 2.24) is 5.32 Å². The Labute approximate surface area is 129 Å². The molecule has 1 aliphatic heterocycles. The molecule has 0 saturated carbocycles. The zero-order valence-corrected chi connectivity index (χ0v) is 13.3. The number of thioether (sulfide) groups is 1. The maximum absolute atomic E-state index is 11.4. The molecule has 2 N–H and O–H groups in total. The second kappa shape index (κ2) is 5.14. The fourth-order valence-electron chi connectivity index (χ4n) is 1.26. The van der Waals surface area contributed by atoms with Gasteiger partial charge in [0.15, 0.2) is 0 Å². The summed E-state index contributed by atoms with van der Waals surface area (Å²) in [6.45, 7) is 0. The number of amides is 2. The smallest absolute Gasteiger partial charge is 0.290 e. The van der Waals surface area contributed by atoms with E-state index in [0.29, 0.717) is 14.0 Å². The van der Waals surface area contributed by atoms with Crippen LogP contribution >= 0.6 is 56.9 Å². The quantitative estimate of drug-likeness (QED) is 0.487. The van der Waals surface area contributed by atoms with E-state index in [0.717, 1.165) is 15.3 Å². The molecule has 17 heavy (non-hydrogen) atoms. The van der Waals surface area contributed by atoms with Crippen LogP contribution in [0.1, 0.15) is 5.56 Å². The first kappa shape index (κ1) is 13.1. The van der Waals surface area contributed by atoms with Crippen LogP contribution in [0.25, 0.3) is 6.08 Å². The van der Waals surface area contributed by atoms with Gasteiger partial charge in [-0.05, 0) is 75.2 Å². The van der Waals surface area contributed by atoms with E-state index in [1.165, 1.54) is 6.08 Å². The Morgan fingerprint density at radius 1 is 1.29 bits per heavy atom. The number of rotatable bonds is 1. The Bertz CT molecular complexity index is 557. The van der Waals surface area contributed by atoms with Crippen molar-refractivity contribution in [1.29, 1.82) is 0 Å². The summed E-state index contributed by atoms with van der Waals surface area (Å²) in [6.07, 6.45) is 1.52. The Morgan fingerprint density at radius 3 is 2.59 bits per heavy atom. The van der Waals surface area contributed by atoms with Crippen LogP contribution in [-0.2, 0) is 4.79 Å². The summed E-state index contributed by atoms with van der Waals surface area (Å²) in [7, 11) is 0. The summed E-state index contributed by atoms with van der Waals surface area (Å²) in [5, 5.41) is 11.6. The van der Waals surface area contributed by atoms with Crippen molar-refractivity contribution in [2.45, 2.75) is 0 Å². The van der Waals surface area contributed by atoms with Crippen LogP contribution in [0.15, 0.2) is 17.0 Å². The van der Waals surface area contributed by atoms with Crippen molar-refractivity contribution in [3.8, 4) is 5.75 Å². The van der Waals surface area contributed by atoms with E-state index in [1.807, 2.05) is 28.7 Å². The number of carbonyl (C=O) groups is 2. The Kier molecular flexibility index (Phi) is 3.98. The number of aromatic hydroxyl groups is 1. The Hall–Kier alpha value is -0.290. The van der Waals surface area contributed by atoms with Gasteiger partial charge in [-0.15, -0.1) is 0 Å². The molecule has 1 aliphatic rings. The van der Waals surface area contributed by atoms with Gasteiger partial charge in [-0.25, -0.2) is 0 Å². The normalized spacial score (nSPS) is 17.6. The lowest BCUT2D eigenvalue weighted by atomic mass is 10.2. The van der Waals surface area contributed by atoms with E-state index in [2.05, 4.69) is 27.9 Å². The molecule has 0 spiro atoms. The fourth-order valence-corrected chi connectivity index (χ4v) is 3.82. The number of halogens is 2. The average Bonchev–Trinajstić information content (AvgIpc) is 2.53. The summed E-state index contributed by atoms with van der Waals surface area (Å²) in [6, 6.07) is 3.58. The molecular weight excluding hydrogens is 468 g/mol. The van der Waals surface area contributed by atoms with Crippen LogP contribution in [0.3, 0.4) is 0 Å². The molecule has 1 aromatic rings. The summed E-state index contributed by atoms with van der Waals surface area (Å²) in [4.78, 5) is 22.7. The molecule has 1 fully saturated rings. The average molecular weight is 473 g/mol. The van der Waals surface area contributed by atoms with Gasteiger partial charge in [-0.3, -0.25) is 14.9 Å². The third-order valence-corrected chi connectivity index (χ3v) is 4.24. The van der Waals surface area contributed by atoms with E-state index in [-0.39, 0.29) is 11.0 Å². The van der Waals surface area contributed by atoms with Gasteiger partial charge in [-0.1, -0.05) is 0 Å². The summed E-state index contributed by atoms with van der Waals surface area (Å²) < 4.78 is 1.66. The Balaban J connectivity index is 2.46. The third kappa shape index (κ3) is 2.94. The SMILES string of the molecule is O=C1NC(=O)C(=Cc2cc(I)cc(I)c2O)S1. The number of phenols is 1. The lowest BCUT2D eigenvalue weighted by Crippen LogP contribution is -2.17. The zero-order valence-electron chi connectivity index (χ0n) is 8.16. The maximum Gasteiger partial charge on any atom is 0.290 e. The minimum atomic E-state index is -0.423. The van der Waals surface area contributed by atoms with E-state index in [9.17, 15) is 14.7 Å². The van der Waals surface area contributed by atoms with Crippen LogP contribution in [0.2, 0.25) is 0 Å². The highest BCUT2D eigenvalue weighted by Crippen LogP contribution is 2.32. The molecule has 7 heteroatoms. The van der Waals surface area contributed by atoms with Crippen molar-refractivity contribution in [3.05, 3.63) is 29.7 Å². The first-order valence-corrected chi connectivity index (χ1v) is 7.37. The van der Waals surface area contributed by atoms with Crippen molar-refractivity contribution in [3.63, 3.8) is 0 Å². The monoisotopic (exact) mass is 473 g/mol. The van der Waals surface area contributed by atoms with Gasteiger partial charge in [-0.2, -0.15) is 0 Å². The molecule has 0 aliphatic carbocycles. The second-order valence-corrected chi connectivity index (χ2v) is 6.60. The van der Waals surface area contributed by atoms with Gasteiger partial charge < -0.3 is 5.11 Å². The molecule has 2 amide bonds. The van der Waals surface area contributed by atoms with Crippen molar-refractivity contribution in [2.24, 2.45) is 0 Å². The molecule has 0 bridgehead atoms. The molecule has 4 nitrogen and oxygen atoms in total. The number of imide groups is 1. The highest BCUT2D eigenvalue weighted by atomic mass is 127. The minimum absolute atomic E-state index is 0.117. The molecule has 1 saturated heterocycles. The molecule has 0 atom stereocenters. The lowest BCUT2D eigenvalue weighted by Gasteiger charge is -2.03. The molecular formula is C10H5I2NO3S. The molecule has 1 heterocycles. The van der Waals surface area contributed by atoms with Crippen LogP contribution in [-0.4, -0.2) is 16.3 Å². The van der Waals surface area contributed by atoms with Crippen LogP contribution in [0, 0.1) is 7.14 Å². The largest absolute Gasteiger partial charge is 0.506 e. The van der Waals surface area contributed by atoms with E-state index < -0.39 is 5.91 Å². The van der Waals surface area contributed by atoms with Gasteiger partial charge in [0, 0.05) is 9.13 Å². The third-order valence-electron chi connectivity index (χ3n) is 1.99. The highest BCUT2D eigenvalue weighted by molar-refractivity contribution is 14.1. The summed E-state index contributed by atoms with van der Waals surface area (Å²) in [5.41, 5.74) is 0.536. The molecule has 88 valence electrons. The second-order valence-electron chi connectivity index (χ2n) is 3.18. The number of benzene rings is 1. The predicted octanol–water partition coefficient (Wildman–Crippen LogP) is 2.93. The molecule has 0 radical (unpaired) electrons. The number of carbonyl (C=O) groups excluding carboxylic acids is 2. The lowest BCUT2D eigenvalue weighted by molar-refractivity contribution is -0.115. The van der Waals surface area contributed by atoms with Gasteiger partial charge in [0.2, 0.25) is 0 Å². The van der Waals surface area contributed by atoms with Gasteiger partial charge in [0.1, 0.15) is 5.75 Å². The molecule has 1 aromatic carbocycles. The predicted molar refractivity (Wildman–Crippen MR) is 82.6 cm³/mol. The summed E-state index contributed by atoms with van der Waals surface area (Å²) in [5.74, 6) is -0.306. The zero-order chi connectivity index (χ0) is 12.6. The van der Waals surface area contributed by atoms with Crippen LogP contribution < -0.4 is 5.32 Å². The molecule has 2 rings (SSSR count). The Morgan fingerprint density at radius 2 is 2.00 bits per heavy atom. The topological polar surface area (TPSA) is 66.4 Å². The standard InChI is InChI=1S/C10H5I2NO3S/c11-5-1-4(8(14)6(12)3-5)2-7-9(15)13-10(16)17-7/h1-3,14H,(H,13,15,16). The minimum Gasteiger partial charge on any atom is -0.506 e. The van der Waals surface area contributed by atoms with Gasteiger partial charge in [0.05, 0.1) is 8.48 Å². The van der Waals surface area contributed by atoms with Crippen LogP contribution in [0.4, 0.5) is 4.79 Å². The maximum atomic E-state index is 11.4. The number of hydrogen-bond donors (Lipinski definition) is 2. The van der Waals surface area contributed by atoms with E-state index in [4.69, 9.17) is 0 Å². The van der Waals surface area contributed by atoms with Crippen molar-refractivity contribution >= 4 is 74.2 Å². The highest BCUT2D eigenvalue weighted by Gasteiger charge is 2.25. The van der Waals surface area contributed by atoms with Crippen molar-refractivity contribution in [2.75, 3.05) is 0 Å². The van der Waals surface area contributed by atoms with Gasteiger partial charge >= 0.3 is 0 Å².